The molecule has 9 nitrogen and oxygen atoms in total. The summed E-state index contributed by atoms with van der Waals surface area (Å²) in [5.74, 6) is 1.39. The van der Waals surface area contributed by atoms with E-state index in [2.05, 4.69) is 15.7 Å². The van der Waals surface area contributed by atoms with E-state index in [9.17, 15) is 9.59 Å². The average molecular weight is 436 g/mol. The zero-order valence-electron chi connectivity index (χ0n) is 18.0. The van der Waals surface area contributed by atoms with Gasteiger partial charge in [0, 0.05) is 18.4 Å². The maximum Gasteiger partial charge on any atom is 0.251 e. The van der Waals surface area contributed by atoms with Crippen molar-refractivity contribution in [1.82, 2.24) is 9.78 Å². The van der Waals surface area contributed by atoms with Gasteiger partial charge in [-0.25, -0.2) is 4.68 Å². The first-order valence-electron chi connectivity index (χ1n) is 10.0. The van der Waals surface area contributed by atoms with Crippen molar-refractivity contribution in [3.63, 3.8) is 0 Å². The molecule has 0 aliphatic carbocycles. The topological polar surface area (TPSA) is 104 Å². The highest BCUT2D eigenvalue weighted by Gasteiger charge is 2.37. The minimum Gasteiger partial charge on any atom is -0.497 e. The molecule has 2 aromatic carbocycles. The molecule has 32 heavy (non-hydrogen) atoms. The second-order valence-electron chi connectivity index (χ2n) is 7.26. The molecule has 1 aromatic heterocycles. The Morgan fingerprint density at radius 1 is 1.03 bits per heavy atom. The highest BCUT2D eigenvalue weighted by molar-refractivity contribution is 6.04. The first kappa shape index (κ1) is 21.4. The Balaban J connectivity index is 1.58. The molecule has 1 aliphatic heterocycles. The molecule has 1 unspecified atom stereocenters. The number of fused-ring (bicyclic) bond motifs is 1. The lowest BCUT2D eigenvalue weighted by atomic mass is 10.1. The zero-order valence-corrected chi connectivity index (χ0v) is 18.0. The van der Waals surface area contributed by atoms with Gasteiger partial charge in [0.2, 0.25) is 5.91 Å². The number of hydrogen-bond acceptors (Lipinski definition) is 6. The Bertz CT molecular complexity index is 1120. The van der Waals surface area contributed by atoms with Crippen LogP contribution < -0.4 is 20.1 Å². The van der Waals surface area contributed by atoms with Crippen LogP contribution in [0.1, 0.15) is 18.2 Å². The molecule has 0 fully saturated rings. The molecule has 4 rings (SSSR count). The molecule has 166 valence electrons. The van der Waals surface area contributed by atoms with E-state index in [1.165, 1.54) is 0 Å². The fourth-order valence-electron chi connectivity index (χ4n) is 3.68. The van der Waals surface area contributed by atoms with Crippen molar-refractivity contribution in [3.8, 4) is 22.6 Å². The number of nitrogens with one attached hydrogen (secondary N) is 2. The van der Waals surface area contributed by atoms with Gasteiger partial charge in [0.05, 0.1) is 32.9 Å². The summed E-state index contributed by atoms with van der Waals surface area (Å²) in [5.41, 5.74) is 2.92. The predicted octanol–water partition coefficient (Wildman–Crippen LogP) is 3.24. The maximum atomic E-state index is 12.7. The number of nitrogens with zero attached hydrogens (tertiary/aromatic N) is 2. The van der Waals surface area contributed by atoms with Crippen LogP contribution in [0.5, 0.6) is 11.5 Å². The minimum absolute atomic E-state index is 0.0545. The van der Waals surface area contributed by atoms with E-state index >= 15 is 0 Å². The van der Waals surface area contributed by atoms with Crippen molar-refractivity contribution in [2.75, 3.05) is 32.0 Å². The van der Waals surface area contributed by atoms with Gasteiger partial charge < -0.3 is 24.8 Å². The van der Waals surface area contributed by atoms with Gasteiger partial charge >= 0.3 is 0 Å². The summed E-state index contributed by atoms with van der Waals surface area (Å²) in [5, 5.41) is 10.3. The SMILES string of the molecule is COCc1nn2c(c1-c1ccc(OC)cc1)NC(=O)C2CC(=O)Nc1ccc(OC)cc1. The summed E-state index contributed by atoms with van der Waals surface area (Å²) in [6, 6.07) is 13.7. The molecule has 2 amide bonds. The van der Waals surface area contributed by atoms with Crippen molar-refractivity contribution >= 4 is 23.3 Å². The van der Waals surface area contributed by atoms with Gasteiger partial charge in [-0.2, -0.15) is 5.10 Å². The molecule has 2 N–H and O–H groups in total. The number of carbonyl (C=O) groups is 2. The standard InChI is InChI=1S/C23H24N4O5/c1-30-13-18-21(14-4-8-16(31-2)9-5-14)22-25-23(29)19(27(22)26-18)12-20(28)24-15-6-10-17(32-3)11-7-15/h4-11,19H,12-13H2,1-3H3,(H,24,28)(H,25,29). The Morgan fingerprint density at radius 2 is 1.66 bits per heavy atom. The van der Waals surface area contributed by atoms with Crippen LogP contribution in [-0.2, 0) is 20.9 Å². The molecular formula is C23H24N4O5. The van der Waals surface area contributed by atoms with E-state index < -0.39 is 6.04 Å². The van der Waals surface area contributed by atoms with E-state index in [1.54, 1.807) is 50.3 Å². The third kappa shape index (κ3) is 4.15. The highest BCUT2D eigenvalue weighted by atomic mass is 16.5. The van der Waals surface area contributed by atoms with E-state index in [-0.39, 0.29) is 24.8 Å². The smallest absolute Gasteiger partial charge is 0.251 e. The second-order valence-corrected chi connectivity index (χ2v) is 7.26. The summed E-state index contributed by atoms with van der Waals surface area (Å²) in [6.07, 6.45) is -0.0545. The Labute approximate surface area is 185 Å². The molecule has 0 saturated heterocycles. The van der Waals surface area contributed by atoms with Crippen LogP contribution in [0.25, 0.3) is 11.1 Å². The van der Waals surface area contributed by atoms with Crippen LogP contribution in [0, 0.1) is 0 Å². The number of aromatic nitrogens is 2. The lowest BCUT2D eigenvalue weighted by molar-refractivity contribution is -0.123. The van der Waals surface area contributed by atoms with Crippen LogP contribution in [0.2, 0.25) is 0 Å². The lowest BCUT2D eigenvalue weighted by Gasteiger charge is -2.10. The summed E-state index contributed by atoms with van der Waals surface area (Å²) in [7, 11) is 4.76. The monoisotopic (exact) mass is 436 g/mol. The molecule has 0 spiro atoms. The molecule has 0 saturated carbocycles. The summed E-state index contributed by atoms with van der Waals surface area (Å²) >= 11 is 0. The third-order valence-corrected chi connectivity index (χ3v) is 5.23. The van der Waals surface area contributed by atoms with E-state index in [1.807, 2.05) is 24.3 Å². The van der Waals surface area contributed by atoms with Gasteiger partial charge in [0.1, 0.15) is 23.4 Å². The Morgan fingerprint density at radius 3 is 2.25 bits per heavy atom. The zero-order chi connectivity index (χ0) is 22.7. The van der Waals surface area contributed by atoms with Crippen LogP contribution >= 0.6 is 0 Å². The van der Waals surface area contributed by atoms with Gasteiger partial charge in [-0.3, -0.25) is 9.59 Å². The largest absolute Gasteiger partial charge is 0.497 e. The van der Waals surface area contributed by atoms with Crippen LogP contribution in [0.15, 0.2) is 48.5 Å². The van der Waals surface area contributed by atoms with Gasteiger partial charge in [0.25, 0.3) is 5.91 Å². The molecular weight excluding hydrogens is 412 g/mol. The van der Waals surface area contributed by atoms with Crippen molar-refractivity contribution in [2.24, 2.45) is 0 Å². The molecule has 1 atom stereocenters. The van der Waals surface area contributed by atoms with Gasteiger partial charge in [-0.05, 0) is 42.0 Å². The third-order valence-electron chi connectivity index (χ3n) is 5.23. The minimum atomic E-state index is -0.758. The Kier molecular flexibility index (Phi) is 6.09. The van der Waals surface area contributed by atoms with E-state index in [4.69, 9.17) is 14.2 Å². The molecule has 9 heteroatoms. The number of benzene rings is 2. The van der Waals surface area contributed by atoms with Crippen LogP contribution in [-0.4, -0.2) is 42.9 Å². The van der Waals surface area contributed by atoms with Crippen LogP contribution in [0.3, 0.4) is 0 Å². The van der Waals surface area contributed by atoms with Crippen LogP contribution in [0.4, 0.5) is 11.5 Å². The van der Waals surface area contributed by atoms with E-state index in [0.29, 0.717) is 22.9 Å². The van der Waals surface area contributed by atoms with Gasteiger partial charge in [-0.1, -0.05) is 12.1 Å². The number of rotatable bonds is 8. The molecule has 3 aromatic rings. The van der Waals surface area contributed by atoms with Crippen molar-refractivity contribution in [1.29, 1.82) is 0 Å². The second kappa shape index (κ2) is 9.11. The normalized spacial score (nSPS) is 14.6. The molecule has 0 radical (unpaired) electrons. The maximum absolute atomic E-state index is 12.7. The quantitative estimate of drug-likeness (QED) is 0.562. The van der Waals surface area contributed by atoms with E-state index in [0.717, 1.165) is 16.9 Å². The first-order chi connectivity index (χ1) is 15.5. The summed E-state index contributed by atoms with van der Waals surface area (Å²) in [6.45, 7) is 0.266. The molecule has 1 aliphatic rings. The lowest BCUT2D eigenvalue weighted by Crippen LogP contribution is -2.24. The number of carbonyl (C=O) groups excluding carboxylic acids is 2. The fraction of sp³-hybridized carbons (Fsp3) is 0.261. The molecule has 2 heterocycles. The Hall–Kier alpha value is -3.85. The number of amides is 2. The van der Waals surface area contributed by atoms with Crippen molar-refractivity contribution in [3.05, 3.63) is 54.2 Å². The van der Waals surface area contributed by atoms with Crippen molar-refractivity contribution in [2.45, 2.75) is 19.1 Å². The number of hydrogen-bond donors (Lipinski definition) is 2. The van der Waals surface area contributed by atoms with Crippen molar-refractivity contribution < 1.29 is 23.8 Å². The van der Waals surface area contributed by atoms with Gasteiger partial charge in [0.15, 0.2) is 0 Å². The fourth-order valence-corrected chi connectivity index (χ4v) is 3.68. The highest BCUT2D eigenvalue weighted by Crippen LogP contribution is 2.39. The number of methoxy groups -OCH3 is 3. The van der Waals surface area contributed by atoms with Gasteiger partial charge in [-0.15, -0.1) is 0 Å². The number of ether oxygens (including phenoxy) is 3. The summed E-state index contributed by atoms with van der Waals surface area (Å²) < 4.78 is 17.2. The number of anilines is 2. The average Bonchev–Trinajstić information content (AvgIpc) is 3.29. The molecule has 0 bridgehead atoms. The summed E-state index contributed by atoms with van der Waals surface area (Å²) in [4.78, 5) is 25.3. The predicted molar refractivity (Wildman–Crippen MR) is 119 cm³/mol. The first-order valence-corrected chi connectivity index (χ1v) is 10.0.